The first-order chi connectivity index (χ1) is 9.17. The average molecular weight is 270 g/mol. The second-order valence-electron chi connectivity index (χ2n) is 5.65. The van der Waals surface area contributed by atoms with Crippen molar-refractivity contribution in [2.45, 2.75) is 85.5 Å². The van der Waals surface area contributed by atoms with Crippen LogP contribution in [-0.2, 0) is 9.53 Å². The van der Waals surface area contributed by atoms with Gasteiger partial charge >= 0.3 is 5.97 Å². The Balaban J connectivity index is 4.17. The molecular weight excluding hydrogens is 236 g/mol. The summed E-state index contributed by atoms with van der Waals surface area (Å²) in [5, 5.41) is 0. The summed E-state index contributed by atoms with van der Waals surface area (Å²) >= 11 is 0. The molecule has 0 fully saturated rings. The number of esters is 1. The van der Waals surface area contributed by atoms with Crippen LogP contribution in [0.15, 0.2) is 0 Å². The van der Waals surface area contributed by atoms with Crippen LogP contribution >= 0.6 is 0 Å². The van der Waals surface area contributed by atoms with Crippen molar-refractivity contribution in [3.8, 4) is 0 Å². The molecular formula is C17H34O2. The Kier molecular flexibility index (Phi) is 12.2. The zero-order chi connectivity index (χ0) is 14.5. The number of carbonyl (C=O) groups excluding carboxylic acids is 1. The largest absolute Gasteiger partial charge is 0.466 e. The van der Waals surface area contributed by atoms with Crippen molar-refractivity contribution >= 4 is 5.97 Å². The third-order valence-corrected chi connectivity index (χ3v) is 3.97. The fourth-order valence-electron chi connectivity index (χ4n) is 2.60. The van der Waals surface area contributed by atoms with Crippen molar-refractivity contribution < 1.29 is 9.53 Å². The van der Waals surface area contributed by atoms with Gasteiger partial charge in [0.15, 0.2) is 0 Å². The summed E-state index contributed by atoms with van der Waals surface area (Å²) in [7, 11) is 0. The van der Waals surface area contributed by atoms with Crippen LogP contribution in [0.5, 0.6) is 0 Å². The topological polar surface area (TPSA) is 26.3 Å². The average Bonchev–Trinajstić information content (AvgIpc) is 2.41. The lowest BCUT2D eigenvalue weighted by Crippen LogP contribution is -2.23. The molecule has 2 atom stereocenters. The number of unbranched alkanes of at least 4 members (excludes halogenated alkanes) is 5. The quantitative estimate of drug-likeness (QED) is 0.353. The summed E-state index contributed by atoms with van der Waals surface area (Å²) in [6.45, 7) is 8.90. The SMILES string of the molecule is CCCCCCC(CCCCC)C(C)C(=O)OCC. The minimum atomic E-state index is -0.000472. The Morgan fingerprint density at radius 2 is 1.42 bits per heavy atom. The van der Waals surface area contributed by atoms with E-state index in [0.717, 1.165) is 0 Å². The maximum atomic E-state index is 11.9. The van der Waals surface area contributed by atoms with Crippen LogP contribution in [0.3, 0.4) is 0 Å². The normalized spacial score (nSPS) is 14.1. The maximum absolute atomic E-state index is 11.9. The predicted molar refractivity (Wildman–Crippen MR) is 82.2 cm³/mol. The van der Waals surface area contributed by atoms with E-state index in [-0.39, 0.29) is 11.9 Å². The molecule has 0 rings (SSSR count). The Morgan fingerprint density at radius 3 is 1.95 bits per heavy atom. The van der Waals surface area contributed by atoms with Crippen LogP contribution in [0.25, 0.3) is 0 Å². The molecule has 2 nitrogen and oxygen atoms in total. The van der Waals surface area contributed by atoms with Crippen molar-refractivity contribution in [3.63, 3.8) is 0 Å². The van der Waals surface area contributed by atoms with E-state index in [9.17, 15) is 4.79 Å². The van der Waals surface area contributed by atoms with E-state index in [1.807, 2.05) is 6.92 Å². The van der Waals surface area contributed by atoms with Crippen LogP contribution in [0.2, 0.25) is 0 Å². The van der Waals surface area contributed by atoms with Crippen LogP contribution in [0.4, 0.5) is 0 Å². The molecule has 0 aliphatic heterocycles. The van der Waals surface area contributed by atoms with Crippen LogP contribution in [0, 0.1) is 11.8 Å². The summed E-state index contributed by atoms with van der Waals surface area (Å²) in [5.41, 5.74) is 0. The van der Waals surface area contributed by atoms with Gasteiger partial charge in [-0.2, -0.15) is 0 Å². The second-order valence-corrected chi connectivity index (χ2v) is 5.65. The van der Waals surface area contributed by atoms with Gasteiger partial charge < -0.3 is 4.74 Å². The van der Waals surface area contributed by atoms with Gasteiger partial charge in [0.1, 0.15) is 0 Å². The molecule has 0 saturated heterocycles. The van der Waals surface area contributed by atoms with Gasteiger partial charge in [0, 0.05) is 0 Å². The fraction of sp³-hybridized carbons (Fsp3) is 0.941. The molecule has 0 aromatic rings. The monoisotopic (exact) mass is 270 g/mol. The number of hydrogen-bond donors (Lipinski definition) is 0. The first-order valence-corrected chi connectivity index (χ1v) is 8.33. The van der Waals surface area contributed by atoms with E-state index in [4.69, 9.17) is 4.74 Å². The van der Waals surface area contributed by atoms with Crippen LogP contribution in [0.1, 0.15) is 85.5 Å². The fourth-order valence-corrected chi connectivity index (χ4v) is 2.60. The lowest BCUT2D eigenvalue weighted by atomic mass is 9.84. The molecule has 0 spiro atoms. The van der Waals surface area contributed by atoms with Crippen LogP contribution < -0.4 is 0 Å². The highest BCUT2D eigenvalue weighted by Gasteiger charge is 2.24. The van der Waals surface area contributed by atoms with E-state index >= 15 is 0 Å². The standard InChI is InChI=1S/C17H34O2/c1-5-8-10-12-14-16(13-11-9-6-2)15(4)17(18)19-7-3/h15-16H,5-14H2,1-4H3. The molecule has 0 heterocycles. The highest BCUT2D eigenvalue weighted by molar-refractivity contribution is 5.72. The molecule has 0 aliphatic carbocycles. The summed E-state index contributed by atoms with van der Waals surface area (Å²) in [5.74, 6) is 0.584. The molecule has 0 aromatic carbocycles. The van der Waals surface area contributed by atoms with Crippen molar-refractivity contribution in [1.29, 1.82) is 0 Å². The van der Waals surface area contributed by atoms with Gasteiger partial charge in [-0.1, -0.05) is 65.7 Å². The van der Waals surface area contributed by atoms with Gasteiger partial charge in [-0.3, -0.25) is 4.79 Å². The molecule has 0 radical (unpaired) electrons. The third-order valence-electron chi connectivity index (χ3n) is 3.97. The van der Waals surface area contributed by atoms with Gasteiger partial charge in [0.05, 0.1) is 12.5 Å². The number of carbonyl (C=O) groups is 1. The second kappa shape index (κ2) is 12.5. The third kappa shape index (κ3) is 9.07. The summed E-state index contributed by atoms with van der Waals surface area (Å²) in [6.07, 6.45) is 11.3. The van der Waals surface area contributed by atoms with Gasteiger partial charge in [-0.15, -0.1) is 0 Å². The van der Waals surface area contributed by atoms with Crippen molar-refractivity contribution in [2.24, 2.45) is 11.8 Å². The maximum Gasteiger partial charge on any atom is 0.308 e. The first kappa shape index (κ1) is 18.5. The van der Waals surface area contributed by atoms with Gasteiger partial charge in [0.2, 0.25) is 0 Å². The lowest BCUT2D eigenvalue weighted by molar-refractivity contribution is -0.149. The highest BCUT2D eigenvalue weighted by atomic mass is 16.5. The van der Waals surface area contributed by atoms with Gasteiger partial charge in [0.25, 0.3) is 0 Å². The molecule has 0 aromatic heterocycles. The highest BCUT2D eigenvalue weighted by Crippen LogP contribution is 2.26. The molecule has 0 aliphatic rings. The van der Waals surface area contributed by atoms with Gasteiger partial charge in [-0.25, -0.2) is 0 Å². The smallest absolute Gasteiger partial charge is 0.308 e. The molecule has 0 amide bonds. The van der Waals surface area contributed by atoms with E-state index in [1.54, 1.807) is 0 Å². The number of hydrogen-bond acceptors (Lipinski definition) is 2. The summed E-state index contributed by atoms with van der Waals surface area (Å²) < 4.78 is 5.18. The lowest BCUT2D eigenvalue weighted by Gasteiger charge is -2.22. The Labute approximate surface area is 120 Å². The first-order valence-electron chi connectivity index (χ1n) is 8.33. The van der Waals surface area contributed by atoms with E-state index < -0.39 is 0 Å². The Bertz CT molecular complexity index is 213. The zero-order valence-corrected chi connectivity index (χ0v) is 13.5. The molecule has 0 saturated carbocycles. The number of ether oxygens (including phenoxy) is 1. The van der Waals surface area contributed by atoms with E-state index in [1.165, 1.54) is 57.8 Å². The molecule has 2 heteroatoms. The minimum absolute atomic E-state index is 0.000472. The Morgan fingerprint density at radius 1 is 0.895 bits per heavy atom. The molecule has 0 N–H and O–H groups in total. The molecule has 19 heavy (non-hydrogen) atoms. The van der Waals surface area contributed by atoms with Crippen molar-refractivity contribution in [2.75, 3.05) is 6.61 Å². The molecule has 114 valence electrons. The van der Waals surface area contributed by atoms with Crippen molar-refractivity contribution in [3.05, 3.63) is 0 Å². The van der Waals surface area contributed by atoms with E-state index in [0.29, 0.717) is 12.5 Å². The van der Waals surface area contributed by atoms with Crippen LogP contribution in [-0.4, -0.2) is 12.6 Å². The zero-order valence-electron chi connectivity index (χ0n) is 13.5. The number of rotatable bonds is 12. The summed E-state index contributed by atoms with van der Waals surface area (Å²) in [6, 6.07) is 0. The van der Waals surface area contributed by atoms with E-state index in [2.05, 4.69) is 20.8 Å². The predicted octanol–water partition coefficient (Wildman–Crippen LogP) is 5.35. The Hall–Kier alpha value is -0.530. The summed E-state index contributed by atoms with van der Waals surface area (Å²) in [4.78, 5) is 11.9. The minimum Gasteiger partial charge on any atom is -0.466 e. The molecule has 0 bridgehead atoms. The molecule has 2 unspecified atom stereocenters. The van der Waals surface area contributed by atoms with Gasteiger partial charge in [-0.05, 0) is 25.7 Å². The van der Waals surface area contributed by atoms with Crippen molar-refractivity contribution in [1.82, 2.24) is 0 Å².